The zero-order chi connectivity index (χ0) is 34.4. The predicted octanol–water partition coefficient (Wildman–Crippen LogP) is 12.2. The Morgan fingerprint density at radius 1 is 0.423 bits per heavy atom. The molecule has 0 aliphatic rings. The number of para-hydroxylation sites is 3. The number of pyridine rings is 1. The molecule has 4 heteroatoms. The number of nitrogens with zero attached hydrogens (tertiary/aromatic N) is 4. The molecule has 0 atom stereocenters. The van der Waals surface area contributed by atoms with Crippen molar-refractivity contribution >= 4 is 27.5 Å². The lowest BCUT2D eigenvalue weighted by Crippen LogP contribution is -1.98. The first-order chi connectivity index (χ1) is 25.8. The van der Waals surface area contributed by atoms with Crippen LogP contribution >= 0.6 is 0 Å². The van der Waals surface area contributed by atoms with E-state index in [2.05, 4.69) is 197 Å². The Morgan fingerprint density at radius 3 is 1.96 bits per heavy atom. The highest BCUT2D eigenvalue weighted by Gasteiger charge is 2.19. The average Bonchev–Trinajstić information content (AvgIpc) is 3.81. The van der Waals surface area contributed by atoms with Crippen molar-refractivity contribution in [3.63, 3.8) is 0 Å². The van der Waals surface area contributed by atoms with Crippen LogP contribution in [0, 0.1) is 0 Å². The quantitative estimate of drug-likeness (QED) is 0.177. The third-order valence-corrected chi connectivity index (χ3v) is 9.94. The second kappa shape index (κ2) is 12.4. The Hall–Kier alpha value is -7.04. The fourth-order valence-corrected chi connectivity index (χ4v) is 7.50. The second-order valence-electron chi connectivity index (χ2n) is 13.1. The van der Waals surface area contributed by atoms with E-state index in [9.17, 15) is 0 Å². The second-order valence-corrected chi connectivity index (χ2v) is 13.1. The Morgan fingerprint density at radius 2 is 1.10 bits per heavy atom. The van der Waals surface area contributed by atoms with Gasteiger partial charge in [0.2, 0.25) is 0 Å². The Kier molecular flexibility index (Phi) is 7.10. The van der Waals surface area contributed by atoms with Crippen molar-refractivity contribution < 1.29 is 0 Å². The minimum Gasteiger partial charge on any atom is -0.299 e. The number of imidazole rings is 2. The molecular formula is C48H32N4. The summed E-state index contributed by atoms with van der Waals surface area (Å²) in [4.78, 5) is 10.4. The smallest absolute Gasteiger partial charge is 0.145 e. The average molecular weight is 665 g/mol. The van der Waals surface area contributed by atoms with Crippen LogP contribution in [0.15, 0.2) is 194 Å². The first-order valence-corrected chi connectivity index (χ1v) is 17.6. The van der Waals surface area contributed by atoms with E-state index in [1.165, 1.54) is 16.3 Å². The van der Waals surface area contributed by atoms with Crippen molar-refractivity contribution in [3.05, 3.63) is 194 Å². The van der Waals surface area contributed by atoms with Gasteiger partial charge in [-0.3, -0.25) is 8.97 Å². The first kappa shape index (κ1) is 29.8. The van der Waals surface area contributed by atoms with Crippen molar-refractivity contribution in [3.8, 4) is 61.8 Å². The summed E-state index contributed by atoms with van der Waals surface area (Å²) in [6, 6.07) is 66.5. The van der Waals surface area contributed by atoms with Crippen molar-refractivity contribution in [1.82, 2.24) is 18.9 Å². The SMILES string of the molecule is c1ccc(-c2c(-c3ccc(-c4cc(-c5cccc6ccccc56)cc(-c5nc6ccccc6n5-c5ccccc5)c4)cc3)nc3ccccn23)cc1. The Balaban J connectivity index is 1.17. The molecule has 7 aromatic carbocycles. The Bertz CT molecular complexity index is 2880. The molecule has 0 unspecified atom stereocenters. The number of hydrogen-bond donors (Lipinski definition) is 0. The molecule has 0 amide bonds. The lowest BCUT2D eigenvalue weighted by atomic mass is 9.92. The molecule has 0 fully saturated rings. The lowest BCUT2D eigenvalue weighted by molar-refractivity contribution is 1.10. The maximum absolute atomic E-state index is 5.26. The summed E-state index contributed by atoms with van der Waals surface area (Å²) < 4.78 is 4.45. The van der Waals surface area contributed by atoms with E-state index in [-0.39, 0.29) is 0 Å². The third kappa shape index (κ3) is 5.09. The highest BCUT2D eigenvalue weighted by Crippen LogP contribution is 2.39. The van der Waals surface area contributed by atoms with Gasteiger partial charge in [-0.1, -0.05) is 133 Å². The third-order valence-electron chi connectivity index (χ3n) is 9.94. The zero-order valence-electron chi connectivity index (χ0n) is 28.3. The van der Waals surface area contributed by atoms with Crippen molar-refractivity contribution in [2.75, 3.05) is 0 Å². The molecule has 0 saturated heterocycles. The van der Waals surface area contributed by atoms with Gasteiger partial charge in [0, 0.05) is 28.6 Å². The molecule has 0 spiro atoms. The van der Waals surface area contributed by atoms with Crippen molar-refractivity contribution in [2.45, 2.75) is 0 Å². The fourth-order valence-electron chi connectivity index (χ4n) is 7.50. The van der Waals surface area contributed by atoms with Gasteiger partial charge in [-0.2, -0.15) is 0 Å². The van der Waals surface area contributed by atoms with E-state index in [0.717, 1.165) is 73.0 Å². The van der Waals surface area contributed by atoms with E-state index in [1.54, 1.807) is 0 Å². The lowest BCUT2D eigenvalue weighted by Gasteiger charge is -2.15. The minimum absolute atomic E-state index is 0.907. The van der Waals surface area contributed by atoms with E-state index in [4.69, 9.17) is 9.97 Å². The molecular weight excluding hydrogens is 633 g/mol. The molecule has 52 heavy (non-hydrogen) atoms. The van der Waals surface area contributed by atoms with E-state index in [1.807, 2.05) is 6.07 Å². The van der Waals surface area contributed by atoms with Crippen LogP contribution in [0.5, 0.6) is 0 Å². The van der Waals surface area contributed by atoms with Crippen LogP contribution in [0.25, 0.3) is 89.3 Å². The van der Waals surface area contributed by atoms with Gasteiger partial charge in [-0.25, -0.2) is 9.97 Å². The topological polar surface area (TPSA) is 35.1 Å². The molecule has 4 nitrogen and oxygen atoms in total. The molecule has 10 aromatic rings. The van der Waals surface area contributed by atoms with Gasteiger partial charge >= 0.3 is 0 Å². The number of aromatic nitrogens is 4. The summed E-state index contributed by atoms with van der Waals surface area (Å²) in [5.41, 5.74) is 13.9. The Labute approximate surface area is 301 Å². The molecule has 3 heterocycles. The summed E-state index contributed by atoms with van der Waals surface area (Å²) in [5, 5.41) is 2.44. The molecule has 0 saturated carbocycles. The molecule has 0 aliphatic carbocycles. The minimum atomic E-state index is 0.907. The molecule has 0 aliphatic heterocycles. The van der Waals surface area contributed by atoms with E-state index >= 15 is 0 Å². The highest BCUT2D eigenvalue weighted by molar-refractivity contribution is 5.98. The molecule has 0 bridgehead atoms. The molecule has 0 radical (unpaired) electrons. The van der Waals surface area contributed by atoms with Gasteiger partial charge in [0.25, 0.3) is 0 Å². The van der Waals surface area contributed by atoms with Gasteiger partial charge < -0.3 is 0 Å². The zero-order valence-corrected chi connectivity index (χ0v) is 28.3. The summed E-state index contributed by atoms with van der Waals surface area (Å²) in [6.07, 6.45) is 2.09. The van der Waals surface area contributed by atoms with Crippen molar-refractivity contribution in [1.29, 1.82) is 0 Å². The predicted molar refractivity (Wildman–Crippen MR) is 215 cm³/mol. The largest absolute Gasteiger partial charge is 0.299 e. The van der Waals surface area contributed by atoms with Crippen molar-refractivity contribution in [2.24, 2.45) is 0 Å². The van der Waals surface area contributed by atoms with Crippen LogP contribution < -0.4 is 0 Å². The normalized spacial score (nSPS) is 11.5. The van der Waals surface area contributed by atoms with Gasteiger partial charge in [-0.05, 0) is 87.6 Å². The summed E-state index contributed by atoms with van der Waals surface area (Å²) >= 11 is 0. The summed E-state index contributed by atoms with van der Waals surface area (Å²) in [5.74, 6) is 0.907. The number of hydrogen-bond acceptors (Lipinski definition) is 2. The molecule has 10 rings (SSSR count). The van der Waals surface area contributed by atoms with Gasteiger partial charge in [0.1, 0.15) is 11.5 Å². The van der Waals surface area contributed by atoms with E-state index in [0.29, 0.717) is 0 Å². The summed E-state index contributed by atoms with van der Waals surface area (Å²) in [6.45, 7) is 0. The number of fused-ring (bicyclic) bond motifs is 3. The van der Waals surface area contributed by atoms with Crippen LogP contribution in [0.4, 0.5) is 0 Å². The maximum Gasteiger partial charge on any atom is 0.145 e. The van der Waals surface area contributed by atoms with Crippen LogP contribution in [0.2, 0.25) is 0 Å². The maximum atomic E-state index is 5.26. The highest BCUT2D eigenvalue weighted by atomic mass is 15.1. The molecule has 244 valence electrons. The molecule has 3 aromatic heterocycles. The van der Waals surface area contributed by atoms with Gasteiger partial charge in [0.15, 0.2) is 0 Å². The van der Waals surface area contributed by atoms with E-state index < -0.39 is 0 Å². The molecule has 0 N–H and O–H groups in total. The fraction of sp³-hybridized carbons (Fsp3) is 0. The number of benzene rings is 7. The van der Waals surface area contributed by atoms with Crippen LogP contribution in [-0.4, -0.2) is 18.9 Å². The van der Waals surface area contributed by atoms with Gasteiger partial charge in [-0.15, -0.1) is 0 Å². The number of rotatable bonds is 6. The van der Waals surface area contributed by atoms with Crippen LogP contribution in [0.1, 0.15) is 0 Å². The van der Waals surface area contributed by atoms with Crippen LogP contribution in [0.3, 0.4) is 0 Å². The van der Waals surface area contributed by atoms with Crippen LogP contribution in [-0.2, 0) is 0 Å². The first-order valence-electron chi connectivity index (χ1n) is 17.6. The standard InChI is InChI=1S/C48H32N4/c1-3-15-36(16-4-1)47-46(50-45-24-11-12-29-51(45)47)35-27-25-33(26-28-35)37-30-38(42-21-13-17-34-14-7-8-20-41(34)42)32-39(31-37)48-49-43-22-9-10-23-44(43)52(48)40-18-5-2-6-19-40/h1-32H. The monoisotopic (exact) mass is 664 g/mol. The summed E-state index contributed by atoms with van der Waals surface area (Å²) in [7, 11) is 0. The van der Waals surface area contributed by atoms with Gasteiger partial charge in [0.05, 0.1) is 22.4 Å².